The highest BCUT2D eigenvalue weighted by molar-refractivity contribution is 5.78. The first-order valence-corrected chi connectivity index (χ1v) is 7.02. The van der Waals surface area contributed by atoms with Crippen molar-refractivity contribution in [1.29, 1.82) is 0 Å². The number of amides is 1. The molecule has 0 aliphatic heterocycles. The second kappa shape index (κ2) is 7.90. The van der Waals surface area contributed by atoms with Gasteiger partial charge in [-0.2, -0.15) is 0 Å². The number of rotatable bonds is 8. The summed E-state index contributed by atoms with van der Waals surface area (Å²) in [5, 5.41) is 3.11. The Kier molecular flexibility index (Phi) is 6.47. The van der Waals surface area contributed by atoms with Crippen molar-refractivity contribution in [2.75, 3.05) is 0 Å². The van der Waals surface area contributed by atoms with Crippen LogP contribution in [0.15, 0.2) is 12.4 Å². The number of imidazole rings is 1. The zero-order valence-corrected chi connectivity index (χ0v) is 11.7. The van der Waals surface area contributed by atoms with Crippen molar-refractivity contribution < 1.29 is 4.79 Å². The molecule has 1 atom stereocenters. The summed E-state index contributed by atoms with van der Waals surface area (Å²) in [5.41, 5.74) is 0. The molecule has 4 heteroatoms. The number of nitrogens with zero attached hydrogens (tertiary/aromatic N) is 1. The molecule has 0 aliphatic rings. The third-order valence-corrected chi connectivity index (χ3v) is 3.22. The van der Waals surface area contributed by atoms with Crippen LogP contribution in [0.2, 0.25) is 0 Å². The fraction of sp³-hybridized carbons (Fsp3) is 0.714. The lowest BCUT2D eigenvalue weighted by molar-refractivity contribution is -0.126. The fourth-order valence-electron chi connectivity index (χ4n) is 2.22. The maximum absolute atomic E-state index is 12.2. The van der Waals surface area contributed by atoms with E-state index in [9.17, 15) is 4.79 Å². The van der Waals surface area contributed by atoms with E-state index in [2.05, 4.69) is 36.1 Å². The van der Waals surface area contributed by atoms with E-state index in [1.54, 1.807) is 12.4 Å². The van der Waals surface area contributed by atoms with E-state index in [4.69, 9.17) is 0 Å². The second-order valence-electron chi connectivity index (χ2n) is 4.72. The molecule has 0 fully saturated rings. The summed E-state index contributed by atoms with van der Waals surface area (Å²) < 4.78 is 0. The quantitative estimate of drug-likeness (QED) is 0.745. The highest BCUT2D eigenvalue weighted by Crippen LogP contribution is 2.17. The minimum absolute atomic E-state index is 0.00344. The number of carbonyl (C=O) groups is 1. The number of carbonyl (C=O) groups excluding carboxylic acids is 1. The van der Waals surface area contributed by atoms with Gasteiger partial charge in [0.2, 0.25) is 5.91 Å². The largest absolute Gasteiger partial charge is 0.347 e. The first-order valence-electron chi connectivity index (χ1n) is 7.02. The molecule has 2 N–H and O–H groups in total. The maximum Gasteiger partial charge on any atom is 0.223 e. The monoisotopic (exact) mass is 251 g/mol. The molecule has 1 unspecified atom stereocenters. The van der Waals surface area contributed by atoms with Gasteiger partial charge in [0.25, 0.3) is 0 Å². The maximum atomic E-state index is 12.2. The van der Waals surface area contributed by atoms with Gasteiger partial charge in [0, 0.05) is 18.3 Å². The highest BCUT2D eigenvalue weighted by atomic mass is 16.1. The molecule has 18 heavy (non-hydrogen) atoms. The van der Waals surface area contributed by atoms with Crippen LogP contribution in [0.25, 0.3) is 0 Å². The van der Waals surface area contributed by atoms with Crippen molar-refractivity contribution in [3.63, 3.8) is 0 Å². The van der Waals surface area contributed by atoms with E-state index >= 15 is 0 Å². The molecule has 102 valence electrons. The number of H-pyrrole nitrogens is 1. The predicted octanol–water partition coefficient (Wildman–Crippen LogP) is 3.19. The van der Waals surface area contributed by atoms with E-state index in [1.807, 2.05) is 0 Å². The van der Waals surface area contributed by atoms with Crippen molar-refractivity contribution in [2.24, 2.45) is 5.92 Å². The number of aromatic nitrogens is 2. The topological polar surface area (TPSA) is 57.8 Å². The summed E-state index contributed by atoms with van der Waals surface area (Å²) in [4.78, 5) is 19.5. The number of hydrogen-bond acceptors (Lipinski definition) is 2. The summed E-state index contributed by atoms with van der Waals surface area (Å²) in [6, 6.07) is 0.00344. The summed E-state index contributed by atoms with van der Waals surface area (Å²) in [7, 11) is 0. The molecular formula is C14H25N3O. The van der Waals surface area contributed by atoms with Gasteiger partial charge in [-0.25, -0.2) is 4.98 Å². The van der Waals surface area contributed by atoms with Crippen molar-refractivity contribution in [2.45, 2.75) is 58.9 Å². The molecule has 0 bridgehead atoms. The van der Waals surface area contributed by atoms with Crippen LogP contribution < -0.4 is 5.32 Å². The molecule has 0 saturated heterocycles. The Labute approximate surface area is 110 Å². The minimum Gasteiger partial charge on any atom is -0.347 e. The Morgan fingerprint density at radius 2 is 2.00 bits per heavy atom. The molecule has 0 aromatic carbocycles. The third kappa shape index (κ3) is 4.17. The molecule has 1 aromatic heterocycles. The zero-order valence-electron chi connectivity index (χ0n) is 11.7. The van der Waals surface area contributed by atoms with Crippen LogP contribution in [0.4, 0.5) is 0 Å². The summed E-state index contributed by atoms with van der Waals surface area (Å²) in [6.45, 7) is 6.31. The zero-order chi connectivity index (χ0) is 13.4. The Morgan fingerprint density at radius 1 is 1.33 bits per heavy atom. The van der Waals surface area contributed by atoms with Crippen molar-refractivity contribution >= 4 is 5.91 Å². The Hall–Kier alpha value is -1.32. The van der Waals surface area contributed by atoms with Gasteiger partial charge in [-0.3, -0.25) is 4.79 Å². The van der Waals surface area contributed by atoms with Crippen LogP contribution in [-0.2, 0) is 4.79 Å². The molecule has 1 aromatic rings. The smallest absolute Gasteiger partial charge is 0.223 e. The van der Waals surface area contributed by atoms with Gasteiger partial charge >= 0.3 is 0 Å². The average Bonchev–Trinajstić information content (AvgIpc) is 2.89. The number of hydrogen-bond donors (Lipinski definition) is 2. The van der Waals surface area contributed by atoms with Gasteiger partial charge in [0.15, 0.2) is 0 Å². The lowest BCUT2D eigenvalue weighted by atomic mass is 9.97. The molecule has 0 radical (unpaired) electrons. The van der Waals surface area contributed by atoms with E-state index in [1.165, 1.54) is 0 Å². The third-order valence-electron chi connectivity index (χ3n) is 3.22. The lowest BCUT2D eigenvalue weighted by Crippen LogP contribution is -2.34. The Morgan fingerprint density at radius 3 is 2.44 bits per heavy atom. The minimum atomic E-state index is 0.00344. The van der Waals surface area contributed by atoms with Gasteiger partial charge in [-0.15, -0.1) is 0 Å². The molecule has 1 heterocycles. The first kappa shape index (κ1) is 14.7. The van der Waals surface area contributed by atoms with Gasteiger partial charge in [-0.1, -0.05) is 33.6 Å². The van der Waals surface area contributed by atoms with Crippen molar-refractivity contribution in [3.05, 3.63) is 18.2 Å². The number of nitrogens with one attached hydrogen (secondary N) is 2. The molecule has 1 rings (SSSR count). The van der Waals surface area contributed by atoms with Gasteiger partial charge in [-0.05, 0) is 19.3 Å². The molecule has 0 spiro atoms. The molecule has 0 aliphatic carbocycles. The molecular weight excluding hydrogens is 226 g/mol. The first-order chi connectivity index (χ1) is 8.72. The molecule has 1 amide bonds. The van der Waals surface area contributed by atoms with Crippen LogP contribution in [0.5, 0.6) is 0 Å². The summed E-state index contributed by atoms with van der Waals surface area (Å²) in [6.07, 6.45) is 8.40. The van der Waals surface area contributed by atoms with Crippen molar-refractivity contribution in [1.82, 2.24) is 15.3 Å². The normalized spacial score (nSPS) is 12.7. The van der Waals surface area contributed by atoms with Crippen LogP contribution in [0.1, 0.15) is 64.7 Å². The second-order valence-corrected chi connectivity index (χ2v) is 4.72. The Bertz CT molecular complexity index is 329. The molecule has 0 saturated carbocycles. The van der Waals surface area contributed by atoms with Gasteiger partial charge < -0.3 is 10.3 Å². The van der Waals surface area contributed by atoms with Crippen LogP contribution >= 0.6 is 0 Å². The predicted molar refractivity (Wildman–Crippen MR) is 73.1 cm³/mol. The highest BCUT2D eigenvalue weighted by Gasteiger charge is 2.21. The van der Waals surface area contributed by atoms with Gasteiger partial charge in [0.1, 0.15) is 5.82 Å². The average molecular weight is 251 g/mol. The lowest BCUT2D eigenvalue weighted by Gasteiger charge is -2.20. The van der Waals surface area contributed by atoms with Crippen LogP contribution in [-0.4, -0.2) is 15.9 Å². The SMILES string of the molecule is CCCC(CCC)C(=O)NC(CC)c1ncc[nH]1. The standard InChI is InChI=1S/C14H25N3O/c1-4-7-11(8-5-2)14(18)17-12(6-3)13-15-9-10-16-13/h9-12H,4-8H2,1-3H3,(H,15,16)(H,17,18). The van der Waals surface area contributed by atoms with Gasteiger partial charge in [0.05, 0.1) is 6.04 Å². The van der Waals surface area contributed by atoms with E-state index in [-0.39, 0.29) is 17.9 Å². The fourth-order valence-corrected chi connectivity index (χ4v) is 2.22. The summed E-state index contributed by atoms with van der Waals surface area (Å²) in [5.74, 6) is 1.16. The Balaban J connectivity index is 2.60. The van der Waals surface area contributed by atoms with Crippen LogP contribution in [0.3, 0.4) is 0 Å². The van der Waals surface area contributed by atoms with E-state index < -0.39 is 0 Å². The van der Waals surface area contributed by atoms with Crippen LogP contribution in [0, 0.1) is 5.92 Å². The van der Waals surface area contributed by atoms with Crippen molar-refractivity contribution in [3.8, 4) is 0 Å². The van der Waals surface area contributed by atoms with E-state index in [0.717, 1.165) is 37.9 Å². The van der Waals surface area contributed by atoms with E-state index in [0.29, 0.717) is 0 Å². The number of aromatic amines is 1. The summed E-state index contributed by atoms with van der Waals surface area (Å²) >= 11 is 0. The molecule has 4 nitrogen and oxygen atoms in total.